The van der Waals surface area contributed by atoms with Gasteiger partial charge in [0.2, 0.25) is 0 Å². The van der Waals surface area contributed by atoms with Gasteiger partial charge in [-0.15, -0.1) is 0 Å². The SMILES string of the molecule is FC(F)(F)c1c2c(c(C[C@H]3CCCN3)c3c1OCC3)OCC2. The van der Waals surface area contributed by atoms with Crippen molar-refractivity contribution >= 4 is 0 Å². The molecule has 22 heavy (non-hydrogen) atoms. The smallest absolute Gasteiger partial charge is 0.420 e. The Bertz CT molecular complexity index is 571. The van der Waals surface area contributed by atoms with Crippen LogP contribution in [0, 0.1) is 0 Å². The topological polar surface area (TPSA) is 30.5 Å². The molecule has 0 radical (unpaired) electrons. The molecule has 1 atom stereocenters. The average molecular weight is 313 g/mol. The lowest BCUT2D eigenvalue weighted by atomic mass is 9.90. The molecule has 4 rings (SSSR count). The first-order valence-electron chi connectivity index (χ1n) is 7.82. The highest BCUT2D eigenvalue weighted by molar-refractivity contribution is 5.63. The van der Waals surface area contributed by atoms with Gasteiger partial charge in [0.25, 0.3) is 0 Å². The van der Waals surface area contributed by atoms with Gasteiger partial charge in [-0.25, -0.2) is 0 Å². The van der Waals surface area contributed by atoms with Gasteiger partial charge < -0.3 is 14.8 Å². The summed E-state index contributed by atoms with van der Waals surface area (Å²) in [5.74, 6) is 0.537. The number of rotatable bonds is 2. The Kier molecular flexibility index (Phi) is 3.25. The normalized spacial score (nSPS) is 23.1. The van der Waals surface area contributed by atoms with Gasteiger partial charge in [0.15, 0.2) is 0 Å². The lowest BCUT2D eigenvalue weighted by Crippen LogP contribution is -2.24. The van der Waals surface area contributed by atoms with Crippen molar-refractivity contribution in [1.82, 2.24) is 5.32 Å². The van der Waals surface area contributed by atoms with E-state index in [-0.39, 0.29) is 5.75 Å². The maximum absolute atomic E-state index is 13.5. The third-order valence-electron chi connectivity index (χ3n) is 4.81. The maximum atomic E-state index is 13.5. The van der Waals surface area contributed by atoms with Crippen LogP contribution >= 0.6 is 0 Å². The van der Waals surface area contributed by atoms with E-state index in [9.17, 15) is 13.2 Å². The summed E-state index contributed by atoms with van der Waals surface area (Å²) in [6, 6.07) is 0.328. The molecule has 1 aromatic rings. The molecule has 0 aromatic heterocycles. The summed E-state index contributed by atoms with van der Waals surface area (Å²) >= 11 is 0. The van der Waals surface area contributed by atoms with Gasteiger partial charge in [-0.05, 0) is 25.8 Å². The Morgan fingerprint density at radius 2 is 1.77 bits per heavy atom. The molecule has 1 N–H and O–H groups in total. The zero-order valence-corrected chi connectivity index (χ0v) is 12.2. The fraction of sp³-hybridized carbons (Fsp3) is 0.625. The van der Waals surface area contributed by atoms with E-state index in [0.29, 0.717) is 49.0 Å². The van der Waals surface area contributed by atoms with E-state index in [0.717, 1.165) is 31.4 Å². The zero-order valence-electron chi connectivity index (χ0n) is 12.2. The Morgan fingerprint density at radius 3 is 2.45 bits per heavy atom. The second-order valence-electron chi connectivity index (χ2n) is 6.16. The number of alkyl halides is 3. The van der Waals surface area contributed by atoms with E-state index in [4.69, 9.17) is 9.47 Å². The van der Waals surface area contributed by atoms with Gasteiger partial charge in [0, 0.05) is 35.6 Å². The number of hydrogen-bond donors (Lipinski definition) is 1. The van der Waals surface area contributed by atoms with Crippen molar-refractivity contribution in [3.05, 3.63) is 22.3 Å². The van der Waals surface area contributed by atoms with Crippen LogP contribution in [0.25, 0.3) is 0 Å². The van der Waals surface area contributed by atoms with Gasteiger partial charge >= 0.3 is 6.18 Å². The summed E-state index contributed by atoms with van der Waals surface area (Å²) in [6.07, 6.45) is -0.635. The number of halogens is 3. The molecule has 120 valence electrons. The standard InChI is InChI=1S/C16H18F3NO2/c17-16(18,19)13-11-4-7-21-14(11)12(8-9-2-1-5-20-9)10-3-6-22-15(10)13/h9,20H,1-8H2/t9-/m1/s1. The van der Waals surface area contributed by atoms with Crippen molar-refractivity contribution in [2.24, 2.45) is 0 Å². The second kappa shape index (κ2) is 5.05. The predicted octanol–water partition coefficient (Wildman–Crippen LogP) is 2.87. The Labute approximate surface area is 126 Å². The molecule has 0 amide bonds. The molecule has 0 aliphatic carbocycles. The van der Waals surface area contributed by atoms with E-state index in [1.54, 1.807) is 0 Å². The molecule has 0 saturated carbocycles. The third kappa shape index (κ3) is 2.16. The van der Waals surface area contributed by atoms with Crippen LogP contribution < -0.4 is 14.8 Å². The number of fused-ring (bicyclic) bond motifs is 2. The molecule has 3 heterocycles. The first kappa shape index (κ1) is 14.2. The second-order valence-corrected chi connectivity index (χ2v) is 6.16. The highest BCUT2D eigenvalue weighted by atomic mass is 19.4. The summed E-state index contributed by atoms with van der Waals surface area (Å²) in [7, 11) is 0. The van der Waals surface area contributed by atoms with Crippen molar-refractivity contribution in [2.75, 3.05) is 19.8 Å². The molecule has 3 aliphatic rings. The Morgan fingerprint density at radius 1 is 1.05 bits per heavy atom. The molecule has 3 aliphatic heterocycles. The summed E-state index contributed by atoms with van der Waals surface area (Å²) < 4.78 is 51.5. The molecule has 6 heteroatoms. The molecule has 1 aromatic carbocycles. The Balaban J connectivity index is 1.86. The van der Waals surface area contributed by atoms with Gasteiger partial charge in [-0.3, -0.25) is 0 Å². The van der Waals surface area contributed by atoms with Crippen molar-refractivity contribution in [2.45, 2.75) is 44.3 Å². The van der Waals surface area contributed by atoms with Gasteiger partial charge in [-0.2, -0.15) is 13.2 Å². The highest BCUT2D eigenvalue weighted by Gasteiger charge is 2.44. The van der Waals surface area contributed by atoms with Crippen molar-refractivity contribution in [3.63, 3.8) is 0 Å². The minimum Gasteiger partial charge on any atom is -0.493 e. The molecule has 0 spiro atoms. The van der Waals surface area contributed by atoms with Crippen LogP contribution in [0.2, 0.25) is 0 Å². The van der Waals surface area contributed by atoms with Crippen molar-refractivity contribution in [3.8, 4) is 11.5 Å². The zero-order chi connectivity index (χ0) is 15.3. The monoisotopic (exact) mass is 313 g/mol. The molecular formula is C16H18F3NO2. The summed E-state index contributed by atoms with van der Waals surface area (Å²) in [5, 5.41) is 3.41. The minimum atomic E-state index is -4.39. The number of benzene rings is 1. The molecule has 0 bridgehead atoms. The fourth-order valence-electron chi connectivity index (χ4n) is 3.90. The predicted molar refractivity (Wildman–Crippen MR) is 74.6 cm³/mol. The summed E-state index contributed by atoms with van der Waals surface area (Å²) in [6.45, 7) is 1.63. The van der Waals surface area contributed by atoms with E-state index in [2.05, 4.69) is 5.32 Å². The lowest BCUT2D eigenvalue weighted by Gasteiger charge is -2.21. The third-order valence-corrected chi connectivity index (χ3v) is 4.81. The van der Waals surface area contributed by atoms with E-state index >= 15 is 0 Å². The van der Waals surface area contributed by atoms with Gasteiger partial charge in [0.1, 0.15) is 17.1 Å². The molecule has 0 unspecified atom stereocenters. The van der Waals surface area contributed by atoms with E-state index in [1.807, 2.05) is 0 Å². The first-order chi connectivity index (χ1) is 10.6. The van der Waals surface area contributed by atoms with E-state index < -0.39 is 11.7 Å². The lowest BCUT2D eigenvalue weighted by molar-refractivity contribution is -0.139. The average Bonchev–Trinajstić information content (AvgIpc) is 3.17. The largest absolute Gasteiger partial charge is 0.493 e. The quantitative estimate of drug-likeness (QED) is 0.911. The number of ether oxygens (including phenoxy) is 2. The van der Waals surface area contributed by atoms with Crippen LogP contribution in [0.3, 0.4) is 0 Å². The first-order valence-corrected chi connectivity index (χ1v) is 7.82. The molecule has 3 nitrogen and oxygen atoms in total. The van der Waals surface area contributed by atoms with Crippen LogP contribution in [-0.4, -0.2) is 25.8 Å². The summed E-state index contributed by atoms with van der Waals surface area (Å²) in [4.78, 5) is 0. The molecular weight excluding hydrogens is 295 g/mol. The minimum absolute atomic E-state index is 0.0600. The van der Waals surface area contributed by atoms with E-state index in [1.165, 1.54) is 0 Å². The van der Waals surface area contributed by atoms with Crippen LogP contribution in [-0.2, 0) is 25.4 Å². The highest BCUT2D eigenvalue weighted by Crippen LogP contribution is 2.50. The fourth-order valence-corrected chi connectivity index (χ4v) is 3.90. The van der Waals surface area contributed by atoms with Crippen LogP contribution in [0.4, 0.5) is 13.2 Å². The molecule has 1 saturated heterocycles. The van der Waals surface area contributed by atoms with Crippen molar-refractivity contribution in [1.29, 1.82) is 0 Å². The van der Waals surface area contributed by atoms with Gasteiger partial charge in [-0.1, -0.05) is 0 Å². The van der Waals surface area contributed by atoms with Crippen LogP contribution in [0.1, 0.15) is 35.1 Å². The number of hydrogen-bond acceptors (Lipinski definition) is 3. The van der Waals surface area contributed by atoms with Crippen LogP contribution in [0.5, 0.6) is 11.5 Å². The summed E-state index contributed by atoms with van der Waals surface area (Å²) in [5.41, 5.74) is 1.34. The van der Waals surface area contributed by atoms with Crippen LogP contribution in [0.15, 0.2) is 0 Å². The Hall–Kier alpha value is -1.43. The number of nitrogens with one attached hydrogen (secondary N) is 1. The maximum Gasteiger partial charge on any atom is 0.420 e. The van der Waals surface area contributed by atoms with Crippen molar-refractivity contribution < 1.29 is 22.6 Å². The van der Waals surface area contributed by atoms with Gasteiger partial charge in [0.05, 0.1) is 13.2 Å². The molecule has 1 fully saturated rings.